The molecule has 0 heterocycles. The summed E-state index contributed by atoms with van der Waals surface area (Å²) in [5.74, 6) is 0. The molecule has 0 unspecified atom stereocenters. The van der Waals surface area contributed by atoms with Crippen molar-refractivity contribution in [2.45, 2.75) is 58.9 Å². The number of aryl methyl sites for hydroxylation is 2. The molecule has 0 saturated carbocycles. The van der Waals surface area contributed by atoms with Crippen LogP contribution in [0.3, 0.4) is 0 Å². The second-order valence-electron chi connectivity index (χ2n) is 7.12. The zero-order valence-corrected chi connectivity index (χ0v) is 13.4. The van der Waals surface area contributed by atoms with Crippen LogP contribution >= 0.6 is 0 Å². The second-order valence-corrected chi connectivity index (χ2v) is 7.12. The van der Waals surface area contributed by atoms with Crippen LogP contribution in [0.2, 0.25) is 0 Å². The van der Waals surface area contributed by atoms with Gasteiger partial charge < -0.3 is 11.1 Å². The topological polar surface area (TPSA) is 38.0 Å². The van der Waals surface area contributed by atoms with E-state index in [4.69, 9.17) is 5.73 Å². The highest BCUT2D eigenvalue weighted by atomic mass is 14.9. The lowest BCUT2D eigenvalue weighted by Crippen LogP contribution is -2.39. The van der Waals surface area contributed by atoms with Crippen LogP contribution in [0.5, 0.6) is 0 Å². The summed E-state index contributed by atoms with van der Waals surface area (Å²) in [7, 11) is 0. The molecule has 3 N–H and O–H groups in total. The van der Waals surface area contributed by atoms with Gasteiger partial charge in [-0.2, -0.15) is 0 Å². The minimum Gasteiger partial charge on any atom is -0.326 e. The van der Waals surface area contributed by atoms with E-state index >= 15 is 0 Å². The third kappa shape index (κ3) is 5.33. The normalized spacial score (nSPS) is 12.8. The largest absolute Gasteiger partial charge is 0.326 e. The Morgan fingerprint density at radius 3 is 2.26 bits per heavy atom. The molecule has 0 atom stereocenters. The van der Waals surface area contributed by atoms with Crippen molar-refractivity contribution < 1.29 is 0 Å². The molecule has 0 saturated heterocycles. The fourth-order valence-electron chi connectivity index (χ4n) is 2.48. The van der Waals surface area contributed by atoms with Crippen LogP contribution in [0, 0.1) is 13.8 Å². The van der Waals surface area contributed by atoms with Crippen LogP contribution in [-0.4, -0.2) is 18.6 Å². The van der Waals surface area contributed by atoms with Gasteiger partial charge in [-0.1, -0.05) is 37.6 Å². The van der Waals surface area contributed by atoms with Crippen LogP contribution in [0.1, 0.15) is 50.8 Å². The standard InChI is InChI=1S/C17H30N2/c1-13-7-8-15(14(2)11-13)16(3,4)12-19-10-9-17(5,6)18/h7-8,11,19H,9-10,12,18H2,1-6H3. The Kier molecular flexibility index (Phi) is 5.17. The van der Waals surface area contributed by atoms with E-state index in [0.717, 1.165) is 19.5 Å². The minimum atomic E-state index is -0.0864. The van der Waals surface area contributed by atoms with Gasteiger partial charge >= 0.3 is 0 Å². The monoisotopic (exact) mass is 262 g/mol. The van der Waals surface area contributed by atoms with Crippen molar-refractivity contribution in [2.75, 3.05) is 13.1 Å². The molecule has 0 bridgehead atoms. The Hall–Kier alpha value is -0.860. The summed E-state index contributed by atoms with van der Waals surface area (Å²) in [6, 6.07) is 6.73. The zero-order valence-electron chi connectivity index (χ0n) is 13.4. The predicted molar refractivity (Wildman–Crippen MR) is 84.7 cm³/mol. The molecule has 0 aromatic heterocycles. The molecule has 0 radical (unpaired) electrons. The fraction of sp³-hybridized carbons (Fsp3) is 0.647. The molecular formula is C17H30N2. The lowest BCUT2D eigenvalue weighted by Gasteiger charge is -2.28. The smallest absolute Gasteiger partial charge is 0.0109 e. The molecule has 0 fully saturated rings. The zero-order chi connectivity index (χ0) is 14.7. The molecule has 0 aliphatic carbocycles. The van der Waals surface area contributed by atoms with Crippen LogP contribution in [-0.2, 0) is 5.41 Å². The maximum Gasteiger partial charge on any atom is 0.0109 e. The van der Waals surface area contributed by atoms with E-state index in [-0.39, 0.29) is 11.0 Å². The summed E-state index contributed by atoms with van der Waals surface area (Å²) in [6.07, 6.45) is 0.996. The Morgan fingerprint density at radius 2 is 1.74 bits per heavy atom. The summed E-state index contributed by atoms with van der Waals surface area (Å²) in [5, 5.41) is 3.54. The summed E-state index contributed by atoms with van der Waals surface area (Å²) < 4.78 is 0. The highest BCUT2D eigenvalue weighted by Gasteiger charge is 2.22. The number of nitrogens with two attached hydrogens (primary N) is 1. The maximum absolute atomic E-state index is 6.00. The van der Waals surface area contributed by atoms with Gasteiger partial charge in [0, 0.05) is 17.5 Å². The van der Waals surface area contributed by atoms with Gasteiger partial charge in [0.25, 0.3) is 0 Å². The molecule has 2 heteroatoms. The summed E-state index contributed by atoms with van der Waals surface area (Å²) in [5.41, 5.74) is 10.2. The molecule has 2 nitrogen and oxygen atoms in total. The fourth-order valence-corrected chi connectivity index (χ4v) is 2.48. The van der Waals surface area contributed by atoms with Crippen LogP contribution in [0.25, 0.3) is 0 Å². The van der Waals surface area contributed by atoms with Gasteiger partial charge in [-0.05, 0) is 51.8 Å². The highest BCUT2D eigenvalue weighted by Crippen LogP contribution is 2.26. The van der Waals surface area contributed by atoms with Crippen molar-refractivity contribution in [3.8, 4) is 0 Å². The first-order chi connectivity index (χ1) is 8.62. The third-order valence-electron chi connectivity index (χ3n) is 3.62. The van der Waals surface area contributed by atoms with Gasteiger partial charge in [0.1, 0.15) is 0 Å². The van der Waals surface area contributed by atoms with E-state index in [1.54, 1.807) is 0 Å². The molecule has 0 spiro atoms. The molecule has 1 rings (SSSR count). The van der Waals surface area contributed by atoms with E-state index < -0.39 is 0 Å². The average Bonchev–Trinajstić information content (AvgIpc) is 2.22. The molecule has 0 amide bonds. The van der Waals surface area contributed by atoms with Gasteiger partial charge in [-0.25, -0.2) is 0 Å². The lowest BCUT2D eigenvalue weighted by molar-refractivity contribution is 0.417. The first-order valence-electron chi connectivity index (χ1n) is 7.19. The van der Waals surface area contributed by atoms with E-state index in [2.05, 4.69) is 65.1 Å². The van der Waals surface area contributed by atoms with Gasteiger partial charge in [0.15, 0.2) is 0 Å². The average molecular weight is 262 g/mol. The molecule has 108 valence electrons. The van der Waals surface area contributed by atoms with Gasteiger partial charge in [-0.15, -0.1) is 0 Å². The number of rotatable bonds is 6. The summed E-state index contributed by atoms with van der Waals surface area (Å²) in [4.78, 5) is 0. The molecule has 1 aromatic carbocycles. The number of nitrogens with one attached hydrogen (secondary N) is 1. The Morgan fingerprint density at radius 1 is 1.11 bits per heavy atom. The van der Waals surface area contributed by atoms with Crippen molar-refractivity contribution >= 4 is 0 Å². The second kappa shape index (κ2) is 6.06. The van der Waals surface area contributed by atoms with Crippen molar-refractivity contribution in [1.29, 1.82) is 0 Å². The van der Waals surface area contributed by atoms with Crippen molar-refractivity contribution in [3.63, 3.8) is 0 Å². The van der Waals surface area contributed by atoms with E-state index in [0.29, 0.717) is 0 Å². The Labute approximate surface area is 118 Å². The highest BCUT2D eigenvalue weighted by molar-refractivity contribution is 5.35. The van der Waals surface area contributed by atoms with Crippen LogP contribution in [0.4, 0.5) is 0 Å². The van der Waals surface area contributed by atoms with Crippen LogP contribution in [0.15, 0.2) is 18.2 Å². The van der Waals surface area contributed by atoms with E-state index in [9.17, 15) is 0 Å². The number of hydrogen-bond donors (Lipinski definition) is 2. The molecule has 0 aliphatic rings. The predicted octanol–water partition coefficient (Wildman–Crippen LogP) is 3.30. The van der Waals surface area contributed by atoms with Gasteiger partial charge in [0.2, 0.25) is 0 Å². The van der Waals surface area contributed by atoms with Crippen molar-refractivity contribution in [2.24, 2.45) is 5.73 Å². The van der Waals surface area contributed by atoms with E-state index in [1.165, 1.54) is 16.7 Å². The lowest BCUT2D eigenvalue weighted by atomic mass is 9.81. The Balaban J connectivity index is 2.60. The minimum absolute atomic E-state index is 0.0864. The first-order valence-corrected chi connectivity index (χ1v) is 7.19. The Bertz CT molecular complexity index is 414. The summed E-state index contributed by atoms with van der Waals surface area (Å²) in [6.45, 7) is 15.0. The molecular weight excluding hydrogens is 232 g/mol. The number of benzene rings is 1. The molecule has 0 aliphatic heterocycles. The third-order valence-corrected chi connectivity index (χ3v) is 3.62. The number of hydrogen-bond acceptors (Lipinski definition) is 2. The van der Waals surface area contributed by atoms with Crippen LogP contribution < -0.4 is 11.1 Å². The SMILES string of the molecule is Cc1ccc(C(C)(C)CNCCC(C)(C)N)c(C)c1. The van der Waals surface area contributed by atoms with Gasteiger partial charge in [0.05, 0.1) is 0 Å². The summed E-state index contributed by atoms with van der Waals surface area (Å²) >= 11 is 0. The first kappa shape index (κ1) is 16.2. The molecule has 19 heavy (non-hydrogen) atoms. The maximum atomic E-state index is 6.00. The van der Waals surface area contributed by atoms with Gasteiger partial charge in [-0.3, -0.25) is 0 Å². The van der Waals surface area contributed by atoms with Crippen molar-refractivity contribution in [3.05, 3.63) is 34.9 Å². The molecule has 1 aromatic rings. The van der Waals surface area contributed by atoms with Crippen molar-refractivity contribution in [1.82, 2.24) is 5.32 Å². The quantitative estimate of drug-likeness (QED) is 0.772. The van der Waals surface area contributed by atoms with E-state index in [1.807, 2.05) is 0 Å².